The molecule has 7 nitrogen and oxygen atoms in total. The van der Waals surface area contributed by atoms with Gasteiger partial charge in [0.25, 0.3) is 0 Å². The van der Waals surface area contributed by atoms with E-state index in [1.165, 1.54) is 6.08 Å². The summed E-state index contributed by atoms with van der Waals surface area (Å²) in [6.45, 7) is 2.71. The lowest BCUT2D eigenvalue weighted by Crippen LogP contribution is -2.24. The first-order valence-electron chi connectivity index (χ1n) is 10.9. The number of methoxy groups -OCH3 is 3. The summed E-state index contributed by atoms with van der Waals surface area (Å²) in [5.74, 6) is 1.94. The Kier molecular flexibility index (Phi) is 8.52. The Bertz CT molecular complexity index is 1110. The molecule has 1 amide bonds. The van der Waals surface area contributed by atoms with Gasteiger partial charge < -0.3 is 24.8 Å². The van der Waals surface area contributed by atoms with Crippen LogP contribution in [-0.2, 0) is 4.79 Å². The summed E-state index contributed by atoms with van der Waals surface area (Å²) in [6.07, 6.45) is 6.81. The third-order valence-corrected chi connectivity index (χ3v) is 5.26. The van der Waals surface area contributed by atoms with E-state index >= 15 is 0 Å². The lowest BCUT2D eigenvalue weighted by Gasteiger charge is -2.17. The lowest BCUT2D eigenvalue weighted by molar-refractivity contribution is -0.116. The Labute approximate surface area is 194 Å². The van der Waals surface area contributed by atoms with E-state index in [0.29, 0.717) is 18.0 Å². The minimum atomic E-state index is -0.131. The molecular formula is C26H31N3O4. The third kappa shape index (κ3) is 6.62. The van der Waals surface area contributed by atoms with E-state index < -0.39 is 0 Å². The second-order valence-electron chi connectivity index (χ2n) is 7.68. The molecule has 174 valence electrons. The van der Waals surface area contributed by atoms with Gasteiger partial charge in [-0.1, -0.05) is 12.1 Å². The molecule has 0 saturated heterocycles. The second-order valence-corrected chi connectivity index (χ2v) is 7.68. The highest BCUT2D eigenvalue weighted by Crippen LogP contribution is 2.29. The van der Waals surface area contributed by atoms with Gasteiger partial charge in [0.05, 0.1) is 32.5 Å². The molecule has 1 heterocycles. The molecule has 3 aromatic rings. The fourth-order valence-corrected chi connectivity index (χ4v) is 3.54. The average molecular weight is 450 g/mol. The highest BCUT2D eigenvalue weighted by atomic mass is 16.5. The van der Waals surface area contributed by atoms with Crippen molar-refractivity contribution >= 4 is 28.6 Å². The van der Waals surface area contributed by atoms with Crippen molar-refractivity contribution < 1.29 is 19.0 Å². The first-order chi connectivity index (χ1) is 16.0. The molecule has 3 rings (SSSR count). The number of ether oxygens (including phenoxy) is 3. The number of nitrogens with zero attached hydrogens (tertiary/aromatic N) is 1. The van der Waals surface area contributed by atoms with Crippen molar-refractivity contribution in [2.75, 3.05) is 33.2 Å². The van der Waals surface area contributed by atoms with Crippen molar-refractivity contribution in [3.8, 4) is 17.2 Å². The maximum Gasteiger partial charge on any atom is 0.243 e. The smallest absolute Gasteiger partial charge is 0.243 e. The van der Waals surface area contributed by atoms with Crippen LogP contribution in [0.4, 0.5) is 5.69 Å². The molecule has 0 aliphatic rings. The zero-order valence-electron chi connectivity index (χ0n) is 19.6. The molecule has 0 aliphatic heterocycles. The maximum absolute atomic E-state index is 12.2. The third-order valence-electron chi connectivity index (χ3n) is 5.26. The van der Waals surface area contributed by atoms with Crippen molar-refractivity contribution in [3.63, 3.8) is 0 Å². The van der Waals surface area contributed by atoms with Crippen molar-refractivity contribution in [1.29, 1.82) is 0 Å². The van der Waals surface area contributed by atoms with Gasteiger partial charge in [-0.3, -0.25) is 9.78 Å². The summed E-state index contributed by atoms with van der Waals surface area (Å²) in [5.41, 5.74) is 2.72. The van der Waals surface area contributed by atoms with Gasteiger partial charge >= 0.3 is 0 Å². The predicted octanol–water partition coefficient (Wildman–Crippen LogP) is 4.67. The van der Waals surface area contributed by atoms with E-state index in [2.05, 4.69) is 22.5 Å². The fraction of sp³-hybridized carbons (Fsp3) is 0.308. The Hall–Kier alpha value is -3.74. The first kappa shape index (κ1) is 23.9. The van der Waals surface area contributed by atoms with Crippen LogP contribution in [0, 0.1) is 0 Å². The molecule has 1 aromatic heterocycles. The quantitative estimate of drug-likeness (QED) is 0.327. The molecule has 0 radical (unpaired) electrons. The van der Waals surface area contributed by atoms with Gasteiger partial charge in [0.1, 0.15) is 5.75 Å². The highest BCUT2D eigenvalue weighted by molar-refractivity contribution is 5.92. The maximum atomic E-state index is 12.2. The number of pyridine rings is 1. The van der Waals surface area contributed by atoms with Crippen LogP contribution >= 0.6 is 0 Å². The number of nitrogens with one attached hydrogen (secondary N) is 2. The Morgan fingerprint density at radius 1 is 1.06 bits per heavy atom. The number of benzene rings is 2. The Balaban J connectivity index is 1.47. The van der Waals surface area contributed by atoms with Crippen LogP contribution < -0.4 is 24.8 Å². The van der Waals surface area contributed by atoms with Crippen molar-refractivity contribution in [2.45, 2.75) is 25.8 Å². The minimum Gasteiger partial charge on any atom is -0.497 e. The van der Waals surface area contributed by atoms with E-state index in [1.54, 1.807) is 33.6 Å². The second kappa shape index (κ2) is 11.8. The summed E-state index contributed by atoms with van der Waals surface area (Å²) in [4.78, 5) is 16.7. The number of aromatic nitrogens is 1. The Morgan fingerprint density at radius 3 is 2.64 bits per heavy atom. The molecule has 0 spiro atoms. The number of carbonyl (C=O) groups is 1. The van der Waals surface area contributed by atoms with Crippen molar-refractivity contribution in [3.05, 3.63) is 60.3 Å². The number of rotatable bonds is 11. The molecular weight excluding hydrogens is 418 g/mol. The number of amides is 1. The fourth-order valence-electron chi connectivity index (χ4n) is 3.54. The van der Waals surface area contributed by atoms with Gasteiger partial charge in [-0.15, -0.1) is 0 Å². The molecule has 0 saturated carbocycles. The van der Waals surface area contributed by atoms with E-state index in [0.717, 1.165) is 40.7 Å². The van der Waals surface area contributed by atoms with Crippen LogP contribution in [0.25, 0.3) is 17.0 Å². The van der Waals surface area contributed by atoms with Crippen LogP contribution in [0.3, 0.4) is 0 Å². The van der Waals surface area contributed by atoms with Gasteiger partial charge in [-0.25, -0.2) is 0 Å². The van der Waals surface area contributed by atoms with Crippen molar-refractivity contribution in [2.24, 2.45) is 0 Å². The standard InChI is InChI=1S/C26H31N3O4/c1-18(29-22-17-21(31-2)16-20-8-6-14-28-26(20)22)7-5-13-27-25(30)12-10-19-9-11-23(32-3)24(15-19)33-4/h6,8-12,14-18,29H,5,7,13H2,1-4H3,(H,27,30)/b12-10+. The van der Waals surface area contributed by atoms with Crippen LogP contribution in [-0.4, -0.2) is 44.8 Å². The number of fused-ring (bicyclic) bond motifs is 1. The van der Waals surface area contributed by atoms with Crippen molar-refractivity contribution in [1.82, 2.24) is 10.3 Å². The van der Waals surface area contributed by atoms with Crippen LogP contribution in [0.15, 0.2) is 54.7 Å². The predicted molar refractivity (Wildman–Crippen MR) is 132 cm³/mol. The Morgan fingerprint density at radius 2 is 1.88 bits per heavy atom. The largest absolute Gasteiger partial charge is 0.497 e. The molecule has 0 fully saturated rings. The van der Waals surface area contributed by atoms with Crippen LogP contribution in [0.2, 0.25) is 0 Å². The van der Waals surface area contributed by atoms with E-state index in [9.17, 15) is 4.79 Å². The van der Waals surface area contributed by atoms with E-state index in [1.807, 2.05) is 42.5 Å². The minimum absolute atomic E-state index is 0.131. The number of hydrogen-bond acceptors (Lipinski definition) is 6. The zero-order chi connectivity index (χ0) is 23.6. The summed E-state index contributed by atoms with van der Waals surface area (Å²) in [7, 11) is 4.83. The van der Waals surface area contributed by atoms with Gasteiger partial charge in [0, 0.05) is 36.3 Å². The van der Waals surface area contributed by atoms with E-state index in [4.69, 9.17) is 14.2 Å². The molecule has 1 unspecified atom stereocenters. The summed E-state index contributed by atoms with van der Waals surface area (Å²) >= 11 is 0. The molecule has 0 bridgehead atoms. The molecule has 1 atom stereocenters. The highest BCUT2D eigenvalue weighted by Gasteiger charge is 2.09. The normalized spacial score (nSPS) is 11.9. The molecule has 0 aliphatic carbocycles. The van der Waals surface area contributed by atoms with Gasteiger partial charge in [0.2, 0.25) is 5.91 Å². The van der Waals surface area contributed by atoms with Gasteiger partial charge in [-0.05, 0) is 55.7 Å². The first-order valence-corrected chi connectivity index (χ1v) is 10.9. The van der Waals surface area contributed by atoms with E-state index in [-0.39, 0.29) is 11.9 Å². The molecule has 2 N–H and O–H groups in total. The number of hydrogen-bond donors (Lipinski definition) is 2. The lowest BCUT2D eigenvalue weighted by atomic mass is 10.1. The van der Waals surface area contributed by atoms with Crippen LogP contribution in [0.1, 0.15) is 25.3 Å². The molecule has 2 aromatic carbocycles. The SMILES string of the molecule is COc1cc(NC(C)CCCNC(=O)/C=C/c2ccc(OC)c(OC)c2)c2ncccc2c1. The topological polar surface area (TPSA) is 81.7 Å². The summed E-state index contributed by atoms with van der Waals surface area (Å²) in [5, 5.41) is 7.48. The summed E-state index contributed by atoms with van der Waals surface area (Å²) in [6, 6.07) is 13.6. The van der Waals surface area contributed by atoms with Gasteiger partial charge in [0.15, 0.2) is 11.5 Å². The summed E-state index contributed by atoms with van der Waals surface area (Å²) < 4.78 is 15.9. The number of anilines is 1. The monoisotopic (exact) mass is 449 g/mol. The molecule has 7 heteroatoms. The average Bonchev–Trinajstić information content (AvgIpc) is 2.84. The molecule has 33 heavy (non-hydrogen) atoms. The number of carbonyl (C=O) groups excluding carboxylic acids is 1. The van der Waals surface area contributed by atoms with Crippen LogP contribution in [0.5, 0.6) is 17.2 Å². The van der Waals surface area contributed by atoms with Gasteiger partial charge in [-0.2, -0.15) is 0 Å². The zero-order valence-corrected chi connectivity index (χ0v) is 19.6.